The SMILES string of the molecule is CCC(O)c1cn(Cc2cc(OC)c(OC)cc2C)nn1. The van der Waals surface area contributed by atoms with Gasteiger partial charge >= 0.3 is 0 Å². The summed E-state index contributed by atoms with van der Waals surface area (Å²) in [4.78, 5) is 0. The Hall–Kier alpha value is -2.08. The quantitative estimate of drug-likeness (QED) is 0.882. The van der Waals surface area contributed by atoms with Crippen molar-refractivity contribution in [3.63, 3.8) is 0 Å². The van der Waals surface area contributed by atoms with E-state index in [2.05, 4.69) is 10.3 Å². The maximum absolute atomic E-state index is 9.76. The molecule has 6 heteroatoms. The largest absolute Gasteiger partial charge is 0.493 e. The molecule has 0 aliphatic carbocycles. The predicted molar refractivity (Wildman–Crippen MR) is 78.7 cm³/mol. The Kier molecular flexibility index (Phi) is 4.80. The van der Waals surface area contributed by atoms with Gasteiger partial charge in [0.2, 0.25) is 0 Å². The van der Waals surface area contributed by atoms with Crippen molar-refractivity contribution in [3.8, 4) is 11.5 Å². The van der Waals surface area contributed by atoms with Crippen LogP contribution in [0, 0.1) is 6.92 Å². The summed E-state index contributed by atoms with van der Waals surface area (Å²) in [5.41, 5.74) is 2.74. The normalized spacial score (nSPS) is 12.2. The number of aliphatic hydroxyl groups excluding tert-OH is 1. The minimum atomic E-state index is -0.565. The second-order valence-corrected chi connectivity index (χ2v) is 4.90. The first kappa shape index (κ1) is 15.3. The number of hydrogen-bond acceptors (Lipinski definition) is 5. The van der Waals surface area contributed by atoms with Gasteiger partial charge in [-0.05, 0) is 36.6 Å². The van der Waals surface area contributed by atoms with Crippen LogP contribution in [0.4, 0.5) is 0 Å². The first-order chi connectivity index (χ1) is 10.1. The summed E-state index contributed by atoms with van der Waals surface area (Å²) in [6, 6.07) is 3.87. The lowest BCUT2D eigenvalue weighted by Crippen LogP contribution is -2.04. The van der Waals surface area contributed by atoms with Crippen LogP contribution in [0.1, 0.15) is 36.3 Å². The third kappa shape index (κ3) is 3.33. The van der Waals surface area contributed by atoms with Crippen LogP contribution in [-0.2, 0) is 6.54 Å². The van der Waals surface area contributed by atoms with Crippen LogP contribution in [0.15, 0.2) is 18.3 Å². The van der Waals surface area contributed by atoms with Crippen molar-refractivity contribution in [3.05, 3.63) is 35.2 Å². The summed E-state index contributed by atoms with van der Waals surface area (Å²) in [6.45, 7) is 4.48. The van der Waals surface area contributed by atoms with Crippen molar-refractivity contribution in [1.82, 2.24) is 15.0 Å². The maximum atomic E-state index is 9.76. The summed E-state index contributed by atoms with van der Waals surface area (Å²) in [5, 5.41) is 17.8. The van der Waals surface area contributed by atoms with Crippen LogP contribution in [-0.4, -0.2) is 34.3 Å². The first-order valence-electron chi connectivity index (χ1n) is 6.88. The average molecular weight is 291 g/mol. The van der Waals surface area contributed by atoms with Crippen molar-refractivity contribution in [1.29, 1.82) is 0 Å². The van der Waals surface area contributed by atoms with Gasteiger partial charge in [-0.2, -0.15) is 0 Å². The van der Waals surface area contributed by atoms with E-state index in [-0.39, 0.29) is 0 Å². The van der Waals surface area contributed by atoms with E-state index in [4.69, 9.17) is 9.47 Å². The number of aliphatic hydroxyl groups is 1. The third-order valence-corrected chi connectivity index (χ3v) is 3.46. The molecule has 0 bridgehead atoms. The summed E-state index contributed by atoms with van der Waals surface area (Å²) in [7, 11) is 3.23. The molecule has 0 saturated carbocycles. The van der Waals surface area contributed by atoms with Crippen molar-refractivity contribution >= 4 is 0 Å². The predicted octanol–water partition coefficient (Wildman–Crippen LogP) is 2.10. The number of ether oxygens (including phenoxy) is 2. The second-order valence-electron chi connectivity index (χ2n) is 4.90. The highest BCUT2D eigenvalue weighted by Crippen LogP contribution is 2.30. The van der Waals surface area contributed by atoms with Crippen LogP contribution in [0.25, 0.3) is 0 Å². The number of benzene rings is 1. The lowest BCUT2D eigenvalue weighted by atomic mass is 10.1. The third-order valence-electron chi connectivity index (χ3n) is 3.46. The van der Waals surface area contributed by atoms with Gasteiger partial charge in [0.1, 0.15) is 5.69 Å². The number of nitrogens with zero attached hydrogens (tertiary/aromatic N) is 3. The molecular formula is C15H21N3O3. The average Bonchev–Trinajstić information content (AvgIpc) is 2.96. The lowest BCUT2D eigenvalue weighted by Gasteiger charge is -2.12. The van der Waals surface area contributed by atoms with E-state index in [1.54, 1.807) is 25.1 Å². The molecule has 0 fully saturated rings. The molecular weight excluding hydrogens is 270 g/mol. The van der Waals surface area contributed by atoms with Gasteiger partial charge in [-0.25, -0.2) is 4.68 Å². The molecule has 0 saturated heterocycles. The van der Waals surface area contributed by atoms with Gasteiger partial charge in [-0.15, -0.1) is 5.10 Å². The molecule has 0 aliphatic heterocycles. The van der Waals surface area contributed by atoms with Crippen molar-refractivity contribution in [2.45, 2.75) is 32.9 Å². The molecule has 6 nitrogen and oxygen atoms in total. The zero-order chi connectivity index (χ0) is 15.4. The van der Waals surface area contributed by atoms with E-state index in [1.165, 1.54) is 0 Å². The Morgan fingerprint density at radius 2 is 1.90 bits per heavy atom. The van der Waals surface area contributed by atoms with Crippen molar-refractivity contribution in [2.24, 2.45) is 0 Å². The fourth-order valence-corrected chi connectivity index (χ4v) is 2.12. The van der Waals surface area contributed by atoms with Gasteiger partial charge in [0.15, 0.2) is 11.5 Å². The van der Waals surface area contributed by atoms with Gasteiger partial charge in [0.25, 0.3) is 0 Å². The van der Waals surface area contributed by atoms with Crippen molar-refractivity contribution < 1.29 is 14.6 Å². The van der Waals surface area contributed by atoms with E-state index >= 15 is 0 Å². The molecule has 1 atom stereocenters. The van der Waals surface area contributed by atoms with E-state index in [1.807, 2.05) is 26.0 Å². The molecule has 21 heavy (non-hydrogen) atoms. The fourth-order valence-electron chi connectivity index (χ4n) is 2.12. The van der Waals surface area contributed by atoms with E-state index in [9.17, 15) is 5.11 Å². The van der Waals surface area contributed by atoms with E-state index < -0.39 is 6.10 Å². The monoisotopic (exact) mass is 291 g/mol. The number of hydrogen-bond donors (Lipinski definition) is 1. The Morgan fingerprint density at radius 1 is 1.24 bits per heavy atom. The molecule has 1 aromatic carbocycles. The zero-order valence-corrected chi connectivity index (χ0v) is 12.8. The molecule has 0 spiro atoms. The first-order valence-corrected chi connectivity index (χ1v) is 6.88. The Labute approximate surface area is 124 Å². The second kappa shape index (κ2) is 6.58. The van der Waals surface area contributed by atoms with Crippen LogP contribution < -0.4 is 9.47 Å². The highest BCUT2D eigenvalue weighted by atomic mass is 16.5. The van der Waals surface area contributed by atoms with Gasteiger partial charge in [-0.1, -0.05) is 12.1 Å². The topological polar surface area (TPSA) is 69.4 Å². The summed E-state index contributed by atoms with van der Waals surface area (Å²) in [6.07, 6.45) is 1.82. The van der Waals surface area contributed by atoms with Crippen LogP contribution in [0.2, 0.25) is 0 Å². The smallest absolute Gasteiger partial charge is 0.161 e. The maximum Gasteiger partial charge on any atom is 0.161 e. The number of aryl methyl sites for hydroxylation is 1. The highest BCUT2D eigenvalue weighted by Gasteiger charge is 2.12. The standard InChI is InChI=1S/C15H21N3O3/c1-5-13(19)12-9-18(17-16-12)8-11-7-15(21-4)14(20-3)6-10(11)2/h6-7,9,13,19H,5,8H2,1-4H3. The van der Waals surface area contributed by atoms with E-state index in [0.717, 1.165) is 11.1 Å². The zero-order valence-electron chi connectivity index (χ0n) is 12.8. The summed E-state index contributed by atoms with van der Waals surface area (Å²) in [5.74, 6) is 1.39. The minimum absolute atomic E-state index is 0.565. The summed E-state index contributed by atoms with van der Waals surface area (Å²) < 4.78 is 12.3. The molecule has 0 aliphatic rings. The highest BCUT2D eigenvalue weighted by molar-refractivity contribution is 5.47. The Bertz CT molecular complexity index is 610. The van der Waals surface area contributed by atoms with E-state index in [0.29, 0.717) is 30.2 Å². The molecule has 0 radical (unpaired) electrons. The molecule has 1 unspecified atom stereocenters. The molecule has 1 aromatic heterocycles. The van der Waals surface area contributed by atoms with Crippen molar-refractivity contribution in [2.75, 3.05) is 14.2 Å². The number of methoxy groups -OCH3 is 2. The molecule has 2 rings (SSSR count). The van der Waals surface area contributed by atoms with Gasteiger partial charge in [0.05, 0.1) is 33.1 Å². The minimum Gasteiger partial charge on any atom is -0.493 e. The van der Waals surface area contributed by atoms with Crippen LogP contribution >= 0.6 is 0 Å². The number of aromatic nitrogens is 3. The van der Waals surface area contributed by atoms with Crippen LogP contribution in [0.3, 0.4) is 0 Å². The molecule has 0 amide bonds. The molecule has 2 aromatic rings. The van der Waals surface area contributed by atoms with Crippen LogP contribution in [0.5, 0.6) is 11.5 Å². The number of rotatable bonds is 6. The van der Waals surface area contributed by atoms with Gasteiger partial charge in [-0.3, -0.25) is 0 Å². The Morgan fingerprint density at radius 3 is 2.52 bits per heavy atom. The Balaban J connectivity index is 2.25. The van der Waals surface area contributed by atoms with Gasteiger partial charge < -0.3 is 14.6 Å². The fraction of sp³-hybridized carbons (Fsp3) is 0.467. The summed E-state index contributed by atoms with van der Waals surface area (Å²) >= 11 is 0. The molecule has 114 valence electrons. The molecule has 1 heterocycles. The molecule has 1 N–H and O–H groups in total. The lowest BCUT2D eigenvalue weighted by molar-refractivity contribution is 0.168. The van der Waals surface area contributed by atoms with Gasteiger partial charge in [0, 0.05) is 0 Å².